The summed E-state index contributed by atoms with van der Waals surface area (Å²) >= 11 is 11.7. The molecule has 1 aliphatic rings. The first kappa shape index (κ1) is 28.0. The van der Waals surface area contributed by atoms with Gasteiger partial charge in [-0.2, -0.15) is 0 Å². The van der Waals surface area contributed by atoms with Gasteiger partial charge in [0.2, 0.25) is 0 Å². The van der Waals surface area contributed by atoms with Crippen LogP contribution in [0.4, 0.5) is 5.69 Å². The summed E-state index contributed by atoms with van der Waals surface area (Å²) in [6.07, 6.45) is 2.49. The predicted octanol–water partition coefficient (Wildman–Crippen LogP) is 3.22. The van der Waals surface area contributed by atoms with Crippen molar-refractivity contribution in [2.45, 2.75) is 31.0 Å². The number of anilines is 1. The van der Waals surface area contributed by atoms with Gasteiger partial charge in [-0.15, -0.1) is 0 Å². The van der Waals surface area contributed by atoms with Crippen LogP contribution >= 0.6 is 23.2 Å². The topological polar surface area (TPSA) is 77.8 Å². The number of hydrogen-bond acceptors (Lipinski definition) is 5. The van der Waals surface area contributed by atoms with Crippen molar-refractivity contribution in [3.05, 3.63) is 98.2 Å². The molecule has 0 spiro atoms. The molecular formula is C25H23Cl2N2NaO4S. The minimum absolute atomic E-state index is 0. The van der Waals surface area contributed by atoms with E-state index in [0.29, 0.717) is 13.2 Å². The number of carbonyl (C=O) groups excluding carboxylic acids is 1. The second-order valence-corrected chi connectivity index (χ2v) is 10.4. The van der Waals surface area contributed by atoms with E-state index in [-0.39, 0.29) is 50.1 Å². The average Bonchev–Trinajstić information content (AvgIpc) is 3.34. The van der Waals surface area contributed by atoms with E-state index < -0.39 is 15.9 Å². The maximum absolute atomic E-state index is 12.4. The normalized spacial score (nSPS) is 13.4. The molecular weight excluding hydrogens is 518 g/mol. The summed E-state index contributed by atoms with van der Waals surface area (Å²) in [5.74, 6) is -0.878. The minimum atomic E-state index is -4.26. The minimum Gasteiger partial charge on any atom is -0.538 e. The van der Waals surface area contributed by atoms with E-state index >= 15 is 0 Å². The third-order valence-corrected chi connectivity index (χ3v) is 7.50. The van der Waals surface area contributed by atoms with E-state index in [2.05, 4.69) is 33.9 Å². The van der Waals surface area contributed by atoms with Crippen molar-refractivity contribution >= 4 is 44.8 Å². The van der Waals surface area contributed by atoms with Gasteiger partial charge >= 0.3 is 29.6 Å². The zero-order chi connectivity index (χ0) is 24.1. The molecule has 178 valence electrons. The van der Waals surface area contributed by atoms with Crippen molar-refractivity contribution in [1.29, 1.82) is 0 Å². The van der Waals surface area contributed by atoms with Crippen molar-refractivity contribution in [3.8, 4) is 0 Å². The van der Waals surface area contributed by atoms with Gasteiger partial charge in [0.15, 0.2) is 0 Å². The molecule has 35 heavy (non-hydrogen) atoms. The predicted molar refractivity (Wildman–Crippen MR) is 134 cm³/mol. The van der Waals surface area contributed by atoms with E-state index in [1.54, 1.807) is 12.1 Å². The second-order valence-electron chi connectivity index (χ2n) is 8.00. The van der Waals surface area contributed by atoms with Crippen LogP contribution < -0.4 is 34.5 Å². The van der Waals surface area contributed by atoms with Gasteiger partial charge in [0, 0.05) is 23.8 Å². The summed E-state index contributed by atoms with van der Waals surface area (Å²) in [4.78, 5) is 14.5. The number of benzene rings is 3. The summed E-state index contributed by atoms with van der Waals surface area (Å²) in [5.41, 5.74) is 3.33. The van der Waals surface area contributed by atoms with Crippen molar-refractivity contribution in [2.24, 2.45) is 0 Å². The van der Waals surface area contributed by atoms with Crippen LogP contribution in [0.1, 0.15) is 34.3 Å². The van der Waals surface area contributed by atoms with Crippen molar-refractivity contribution in [1.82, 2.24) is 0 Å². The molecule has 1 amide bonds. The Morgan fingerprint density at radius 1 is 0.886 bits per heavy atom. The van der Waals surface area contributed by atoms with E-state index in [1.165, 1.54) is 48.9 Å². The van der Waals surface area contributed by atoms with Gasteiger partial charge in [-0.05, 0) is 59.9 Å². The van der Waals surface area contributed by atoms with Gasteiger partial charge in [-0.25, -0.2) is 8.42 Å². The Hall–Kier alpha value is -1.58. The number of rotatable bonds is 8. The van der Waals surface area contributed by atoms with Crippen LogP contribution in [0.3, 0.4) is 0 Å². The largest absolute Gasteiger partial charge is 1.00 e. The molecule has 0 unspecified atom stereocenters. The maximum Gasteiger partial charge on any atom is 1.00 e. The van der Waals surface area contributed by atoms with Crippen LogP contribution in [-0.4, -0.2) is 27.4 Å². The van der Waals surface area contributed by atoms with Gasteiger partial charge in [-0.3, -0.25) is 0 Å². The molecule has 10 heteroatoms. The molecule has 3 aromatic carbocycles. The molecule has 1 fully saturated rings. The summed E-state index contributed by atoms with van der Waals surface area (Å²) in [7, 11) is -4.26. The van der Waals surface area contributed by atoms with Crippen molar-refractivity contribution in [3.63, 3.8) is 0 Å². The zero-order valence-corrected chi connectivity index (χ0v) is 23.6. The van der Waals surface area contributed by atoms with Crippen LogP contribution in [0.2, 0.25) is 10.0 Å². The smallest absolute Gasteiger partial charge is 0.538 e. The Labute approximate surface area is 237 Å². The second kappa shape index (κ2) is 12.6. The van der Waals surface area contributed by atoms with E-state index in [1.807, 2.05) is 0 Å². The van der Waals surface area contributed by atoms with Crippen LogP contribution in [0.5, 0.6) is 0 Å². The third-order valence-electron chi connectivity index (χ3n) is 5.52. The standard InChI is InChI=1S/C25H24Cl2N2O4S.Na/c26-21-9-12-24(23(27)15-21)34(31,32)28-25(30)20-7-3-18(4-8-20)16-33-17-19-5-10-22(11-6-19)29-13-1-2-14-29;/h3-12,15H,1-2,13-14,16-17H2,(H,28,30);/q;+1/p-1. The van der Waals surface area contributed by atoms with E-state index in [0.717, 1.165) is 24.2 Å². The van der Waals surface area contributed by atoms with Crippen molar-refractivity contribution < 1.29 is 47.5 Å². The number of sulfonamides is 1. The molecule has 0 N–H and O–H groups in total. The van der Waals surface area contributed by atoms with Crippen LogP contribution in [0, 0.1) is 0 Å². The quantitative estimate of drug-likeness (QED) is 0.410. The fraction of sp³-hybridized carbons (Fsp3) is 0.240. The first-order valence-corrected chi connectivity index (χ1v) is 13.0. The van der Waals surface area contributed by atoms with Crippen LogP contribution in [0.15, 0.2) is 71.6 Å². The van der Waals surface area contributed by atoms with Gasteiger partial charge in [0.05, 0.1) is 29.0 Å². The maximum atomic E-state index is 12.4. The Morgan fingerprint density at radius 3 is 2.03 bits per heavy atom. The van der Waals surface area contributed by atoms with Gasteiger partial charge < -0.3 is 19.2 Å². The summed E-state index contributed by atoms with van der Waals surface area (Å²) < 4.78 is 34.1. The number of hydrogen-bond donors (Lipinski definition) is 0. The number of carbonyl (C=O) groups is 1. The van der Waals surface area contributed by atoms with Gasteiger partial charge in [0.1, 0.15) is 10.0 Å². The van der Waals surface area contributed by atoms with E-state index in [9.17, 15) is 13.2 Å². The molecule has 0 atom stereocenters. The number of amides is 1. The fourth-order valence-corrected chi connectivity index (χ4v) is 5.37. The average molecular weight is 541 g/mol. The molecule has 0 radical (unpaired) electrons. The van der Waals surface area contributed by atoms with Crippen LogP contribution in [-0.2, 0) is 28.0 Å². The number of halogens is 2. The van der Waals surface area contributed by atoms with Crippen molar-refractivity contribution in [2.75, 3.05) is 18.0 Å². The Balaban J connectivity index is 0.00000342. The SMILES string of the molecule is O=C([N-]S(=O)(=O)c1ccc(Cl)cc1Cl)c1ccc(COCc2ccc(N3CCCC3)cc2)cc1.[Na+]. The van der Waals surface area contributed by atoms with Gasteiger partial charge in [-0.1, -0.05) is 59.6 Å². The molecule has 0 saturated carbocycles. The summed E-state index contributed by atoms with van der Waals surface area (Å²) in [6, 6.07) is 18.7. The zero-order valence-electron chi connectivity index (χ0n) is 19.3. The van der Waals surface area contributed by atoms with E-state index in [4.69, 9.17) is 27.9 Å². The molecule has 1 saturated heterocycles. The molecule has 1 heterocycles. The molecule has 4 rings (SSSR count). The Morgan fingerprint density at radius 2 is 1.46 bits per heavy atom. The van der Waals surface area contributed by atoms with Gasteiger partial charge in [0.25, 0.3) is 0 Å². The third kappa shape index (κ3) is 7.46. The summed E-state index contributed by atoms with van der Waals surface area (Å²) in [5, 5.41) is 0.189. The molecule has 6 nitrogen and oxygen atoms in total. The molecule has 3 aromatic rings. The fourth-order valence-electron chi connectivity index (χ4n) is 3.70. The molecule has 0 bridgehead atoms. The first-order chi connectivity index (χ1) is 16.3. The molecule has 1 aliphatic heterocycles. The van der Waals surface area contributed by atoms with Crippen LogP contribution in [0.25, 0.3) is 4.72 Å². The molecule has 0 aliphatic carbocycles. The summed E-state index contributed by atoms with van der Waals surface area (Å²) in [6.45, 7) is 3.05. The number of ether oxygens (including phenoxy) is 1. The Kier molecular flexibility index (Phi) is 10.1. The first-order valence-electron chi connectivity index (χ1n) is 10.8. The number of nitrogens with zero attached hydrogens (tertiary/aromatic N) is 2. The molecule has 0 aromatic heterocycles. The monoisotopic (exact) mass is 540 g/mol. The Bertz CT molecular complexity index is 1260.